The van der Waals surface area contributed by atoms with E-state index >= 15 is 0 Å². The van der Waals surface area contributed by atoms with Crippen LogP contribution in [0.1, 0.15) is 31.7 Å². The lowest BCUT2D eigenvalue weighted by Crippen LogP contribution is -2.19. The summed E-state index contributed by atoms with van der Waals surface area (Å²) < 4.78 is 5.56. The molecular formula is C15H18N2O4. The lowest BCUT2D eigenvalue weighted by molar-refractivity contribution is -0.139. The van der Waals surface area contributed by atoms with Crippen molar-refractivity contribution in [2.45, 2.75) is 33.6 Å². The van der Waals surface area contributed by atoms with E-state index in [4.69, 9.17) is 9.52 Å². The zero-order chi connectivity index (χ0) is 15.6. The van der Waals surface area contributed by atoms with Crippen molar-refractivity contribution in [1.29, 1.82) is 0 Å². The number of aromatic nitrogens is 2. The van der Waals surface area contributed by atoms with E-state index in [1.807, 2.05) is 13.8 Å². The molecule has 0 aliphatic carbocycles. The third-order valence-corrected chi connectivity index (χ3v) is 3.18. The number of aryl methyl sites for hydroxylation is 1. The normalized spacial score (nSPS) is 11.6. The number of carboxylic acids is 1. The van der Waals surface area contributed by atoms with E-state index < -0.39 is 11.4 Å². The van der Waals surface area contributed by atoms with Crippen LogP contribution in [-0.4, -0.2) is 26.4 Å². The Kier molecular flexibility index (Phi) is 3.97. The van der Waals surface area contributed by atoms with Gasteiger partial charge in [-0.3, -0.25) is 4.79 Å². The van der Waals surface area contributed by atoms with Gasteiger partial charge >= 0.3 is 5.97 Å². The molecule has 0 aliphatic rings. The van der Waals surface area contributed by atoms with Gasteiger partial charge in [0.05, 0.1) is 6.42 Å². The number of hydrogen-bond donors (Lipinski definition) is 2. The van der Waals surface area contributed by atoms with Gasteiger partial charge in [0, 0.05) is 12.0 Å². The van der Waals surface area contributed by atoms with Crippen molar-refractivity contribution in [3.8, 4) is 17.2 Å². The number of nitrogens with zero attached hydrogens (tertiary/aromatic N) is 2. The first-order valence-electron chi connectivity index (χ1n) is 6.61. The zero-order valence-electron chi connectivity index (χ0n) is 12.3. The van der Waals surface area contributed by atoms with Crippen LogP contribution >= 0.6 is 0 Å². The second kappa shape index (κ2) is 5.55. The maximum atomic E-state index is 10.8. The van der Waals surface area contributed by atoms with Gasteiger partial charge in [-0.05, 0) is 30.0 Å². The molecule has 0 aliphatic heterocycles. The molecule has 0 spiro atoms. The molecule has 2 rings (SSSR count). The molecule has 2 N–H and O–H groups in total. The first-order chi connectivity index (χ1) is 9.77. The van der Waals surface area contributed by atoms with Crippen molar-refractivity contribution >= 4 is 5.97 Å². The van der Waals surface area contributed by atoms with Crippen molar-refractivity contribution in [1.82, 2.24) is 10.2 Å². The molecule has 1 heterocycles. The van der Waals surface area contributed by atoms with Crippen LogP contribution in [0.25, 0.3) is 11.5 Å². The van der Waals surface area contributed by atoms with E-state index in [-0.39, 0.29) is 12.2 Å². The van der Waals surface area contributed by atoms with Crippen LogP contribution in [0.5, 0.6) is 5.75 Å². The molecule has 0 fully saturated rings. The Balaban J connectivity index is 2.18. The molecule has 0 bridgehead atoms. The van der Waals surface area contributed by atoms with E-state index in [1.165, 1.54) is 0 Å². The second-order valence-corrected chi connectivity index (χ2v) is 5.91. The Hall–Kier alpha value is -2.37. The number of aliphatic carboxylic acids is 1. The predicted molar refractivity (Wildman–Crippen MR) is 75.9 cm³/mol. The van der Waals surface area contributed by atoms with E-state index in [0.717, 1.165) is 5.56 Å². The monoisotopic (exact) mass is 290 g/mol. The maximum absolute atomic E-state index is 10.8. The molecule has 21 heavy (non-hydrogen) atoms. The lowest BCUT2D eigenvalue weighted by atomic mass is 9.86. The molecule has 0 amide bonds. The topological polar surface area (TPSA) is 96.5 Å². The Morgan fingerprint density at radius 1 is 1.33 bits per heavy atom. The highest BCUT2D eigenvalue weighted by molar-refractivity contribution is 5.67. The SMILES string of the molecule is Cc1ccc(-c2nnc(CC(C)(C)CC(=O)O)o2)cc1O. The molecule has 0 unspecified atom stereocenters. The molecule has 0 saturated carbocycles. The molecule has 112 valence electrons. The van der Waals surface area contributed by atoms with Gasteiger partial charge in [-0.15, -0.1) is 10.2 Å². The maximum Gasteiger partial charge on any atom is 0.303 e. The molecule has 1 aromatic carbocycles. The highest BCUT2D eigenvalue weighted by atomic mass is 16.4. The molecule has 6 heteroatoms. The van der Waals surface area contributed by atoms with Crippen molar-refractivity contribution in [3.05, 3.63) is 29.7 Å². The van der Waals surface area contributed by atoms with Gasteiger partial charge in [0.15, 0.2) is 0 Å². The van der Waals surface area contributed by atoms with E-state index in [0.29, 0.717) is 23.8 Å². The van der Waals surface area contributed by atoms with Crippen molar-refractivity contribution in [2.24, 2.45) is 5.41 Å². The molecule has 2 aromatic rings. The number of carbonyl (C=O) groups is 1. The van der Waals surface area contributed by atoms with Crippen LogP contribution in [0.4, 0.5) is 0 Å². The predicted octanol–water partition coefficient (Wildman–Crippen LogP) is 2.79. The van der Waals surface area contributed by atoms with Crippen LogP contribution in [0.2, 0.25) is 0 Å². The Bertz CT molecular complexity index is 661. The number of phenolic OH excluding ortho intramolecular Hbond substituents is 1. The summed E-state index contributed by atoms with van der Waals surface area (Å²) in [5.41, 5.74) is 0.930. The number of carboxylic acid groups (broad SMARTS) is 1. The number of rotatable bonds is 5. The van der Waals surface area contributed by atoms with Gasteiger partial charge in [0.25, 0.3) is 0 Å². The van der Waals surface area contributed by atoms with Crippen molar-refractivity contribution in [3.63, 3.8) is 0 Å². The van der Waals surface area contributed by atoms with Gasteiger partial charge in [0.1, 0.15) is 5.75 Å². The highest BCUT2D eigenvalue weighted by Crippen LogP contribution is 2.28. The first-order valence-corrected chi connectivity index (χ1v) is 6.61. The average molecular weight is 290 g/mol. The van der Waals surface area contributed by atoms with E-state index in [1.54, 1.807) is 25.1 Å². The summed E-state index contributed by atoms with van der Waals surface area (Å²) in [4.78, 5) is 10.8. The fraction of sp³-hybridized carbons (Fsp3) is 0.400. The number of aromatic hydroxyl groups is 1. The van der Waals surface area contributed by atoms with Crippen LogP contribution in [0, 0.1) is 12.3 Å². The van der Waals surface area contributed by atoms with Gasteiger partial charge in [-0.2, -0.15) is 0 Å². The molecule has 0 radical (unpaired) electrons. The van der Waals surface area contributed by atoms with Gasteiger partial charge in [-0.1, -0.05) is 19.9 Å². The van der Waals surface area contributed by atoms with Crippen LogP contribution < -0.4 is 0 Å². The van der Waals surface area contributed by atoms with Crippen molar-refractivity contribution < 1.29 is 19.4 Å². The number of benzene rings is 1. The zero-order valence-corrected chi connectivity index (χ0v) is 12.3. The molecule has 0 atom stereocenters. The van der Waals surface area contributed by atoms with Crippen LogP contribution in [-0.2, 0) is 11.2 Å². The standard InChI is InChI=1S/C15H18N2O4/c1-9-4-5-10(6-11(9)18)14-17-16-12(21-14)7-15(2,3)8-13(19)20/h4-6,18H,7-8H2,1-3H3,(H,19,20). The van der Waals surface area contributed by atoms with Crippen LogP contribution in [0.3, 0.4) is 0 Å². The number of hydrogen-bond acceptors (Lipinski definition) is 5. The fourth-order valence-corrected chi connectivity index (χ4v) is 2.07. The molecule has 0 saturated heterocycles. The minimum atomic E-state index is -0.858. The largest absolute Gasteiger partial charge is 0.508 e. The minimum absolute atomic E-state index is 0.0238. The summed E-state index contributed by atoms with van der Waals surface area (Å²) >= 11 is 0. The molecule has 1 aromatic heterocycles. The summed E-state index contributed by atoms with van der Waals surface area (Å²) in [6, 6.07) is 5.12. The molecule has 6 nitrogen and oxygen atoms in total. The quantitative estimate of drug-likeness (QED) is 0.879. The summed E-state index contributed by atoms with van der Waals surface area (Å²) in [6.07, 6.45) is 0.403. The van der Waals surface area contributed by atoms with E-state index in [9.17, 15) is 9.90 Å². The summed E-state index contributed by atoms with van der Waals surface area (Å²) in [6.45, 7) is 5.47. The summed E-state index contributed by atoms with van der Waals surface area (Å²) in [5.74, 6) is 0.00407. The Morgan fingerprint density at radius 3 is 2.67 bits per heavy atom. The number of phenols is 1. The third kappa shape index (κ3) is 3.81. The molecular weight excluding hydrogens is 272 g/mol. The van der Waals surface area contributed by atoms with Crippen molar-refractivity contribution in [2.75, 3.05) is 0 Å². The fourth-order valence-electron chi connectivity index (χ4n) is 2.07. The second-order valence-electron chi connectivity index (χ2n) is 5.91. The minimum Gasteiger partial charge on any atom is -0.508 e. The van der Waals surface area contributed by atoms with Gasteiger partial charge in [0.2, 0.25) is 11.8 Å². The third-order valence-electron chi connectivity index (χ3n) is 3.18. The Labute approximate surface area is 122 Å². The highest BCUT2D eigenvalue weighted by Gasteiger charge is 2.25. The summed E-state index contributed by atoms with van der Waals surface area (Å²) in [5, 5.41) is 26.5. The van der Waals surface area contributed by atoms with Gasteiger partial charge in [-0.25, -0.2) is 0 Å². The smallest absolute Gasteiger partial charge is 0.303 e. The van der Waals surface area contributed by atoms with Gasteiger partial charge < -0.3 is 14.6 Å². The summed E-state index contributed by atoms with van der Waals surface area (Å²) in [7, 11) is 0. The Morgan fingerprint density at radius 2 is 2.05 bits per heavy atom. The van der Waals surface area contributed by atoms with E-state index in [2.05, 4.69) is 10.2 Å². The first kappa shape index (κ1) is 15.0. The lowest BCUT2D eigenvalue weighted by Gasteiger charge is -2.19. The van der Waals surface area contributed by atoms with Crippen LogP contribution in [0.15, 0.2) is 22.6 Å². The average Bonchev–Trinajstić information content (AvgIpc) is 2.78.